The van der Waals surface area contributed by atoms with Crippen LogP contribution in [-0.4, -0.2) is 30.7 Å². The molecule has 1 aliphatic heterocycles. The summed E-state index contributed by atoms with van der Waals surface area (Å²) in [4.78, 5) is 8.36. The fourth-order valence-corrected chi connectivity index (χ4v) is 4.15. The van der Waals surface area contributed by atoms with Crippen LogP contribution in [0.5, 0.6) is 0 Å². The lowest BCUT2D eigenvalue weighted by Crippen LogP contribution is -2.50. The molecule has 0 bridgehead atoms. The summed E-state index contributed by atoms with van der Waals surface area (Å²) in [5.41, 5.74) is 4.52. The molecule has 1 spiro atoms. The minimum Gasteiger partial charge on any atom is -0.483 e. The first kappa shape index (κ1) is 17.5. The van der Waals surface area contributed by atoms with Crippen molar-refractivity contribution in [3.63, 3.8) is 0 Å². The highest BCUT2D eigenvalue weighted by Crippen LogP contribution is 2.49. The van der Waals surface area contributed by atoms with E-state index >= 15 is 0 Å². The fraction of sp³-hybridized carbons (Fsp3) is 0.381. The number of hydrogen-bond donors (Lipinski definition) is 3. The van der Waals surface area contributed by atoms with Gasteiger partial charge in [0.1, 0.15) is 0 Å². The highest BCUT2D eigenvalue weighted by Gasteiger charge is 2.44. The first-order chi connectivity index (χ1) is 12.3. The van der Waals surface area contributed by atoms with E-state index in [0.717, 1.165) is 0 Å². The Balaban J connectivity index is 0.000000569. The van der Waals surface area contributed by atoms with Crippen LogP contribution < -0.4 is 10.6 Å². The van der Waals surface area contributed by atoms with Gasteiger partial charge in [0, 0.05) is 17.3 Å². The van der Waals surface area contributed by atoms with Crippen molar-refractivity contribution in [3.05, 3.63) is 54.6 Å². The molecule has 3 N–H and O–H groups in total. The largest absolute Gasteiger partial charge is 0.483 e. The zero-order valence-electron chi connectivity index (χ0n) is 14.4. The monoisotopic (exact) mass is 338 g/mol. The van der Waals surface area contributed by atoms with Crippen molar-refractivity contribution in [3.8, 4) is 11.1 Å². The maximum absolute atomic E-state index is 8.36. The van der Waals surface area contributed by atoms with Crippen molar-refractivity contribution in [2.24, 2.45) is 5.41 Å². The predicted molar refractivity (Wildman–Crippen MR) is 102 cm³/mol. The molecular formula is C21H26N2O2. The van der Waals surface area contributed by atoms with Crippen LogP contribution in [0.2, 0.25) is 0 Å². The number of carbonyl (C=O) groups is 1. The van der Waals surface area contributed by atoms with Gasteiger partial charge in [-0.3, -0.25) is 4.79 Å². The van der Waals surface area contributed by atoms with Crippen LogP contribution in [0.4, 0.5) is 5.69 Å². The van der Waals surface area contributed by atoms with Gasteiger partial charge < -0.3 is 15.7 Å². The zero-order chi connectivity index (χ0) is 17.5. The van der Waals surface area contributed by atoms with Crippen LogP contribution in [0.25, 0.3) is 11.1 Å². The summed E-state index contributed by atoms with van der Waals surface area (Å²) in [6.07, 6.45) is 5.37. The molecule has 2 aromatic rings. The average Bonchev–Trinajstić information content (AvgIpc) is 2.63. The van der Waals surface area contributed by atoms with E-state index in [1.807, 2.05) is 0 Å². The summed E-state index contributed by atoms with van der Waals surface area (Å²) < 4.78 is 0. The maximum Gasteiger partial charge on any atom is 0.290 e. The Bertz CT molecular complexity index is 673. The van der Waals surface area contributed by atoms with Crippen molar-refractivity contribution < 1.29 is 9.90 Å². The van der Waals surface area contributed by atoms with E-state index in [-0.39, 0.29) is 6.47 Å². The second kappa shape index (κ2) is 8.17. The van der Waals surface area contributed by atoms with Gasteiger partial charge in [-0.1, -0.05) is 48.5 Å². The average molecular weight is 338 g/mol. The molecule has 25 heavy (non-hydrogen) atoms. The number of piperidine rings is 1. The molecular weight excluding hydrogens is 312 g/mol. The lowest BCUT2D eigenvalue weighted by atomic mass is 9.60. The second-order valence-corrected chi connectivity index (χ2v) is 7.02. The second-order valence-electron chi connectivity index (χ2n) is 7.02. The number of benzene rings is 2. The molecule has 0 amide bonds. The van der Waals surface area contributed by atoms with Gasteiger partial charge in [-0.05, 0) is 55.8 Å². The Morgan fingerprint density at radius 3 is 2.28 bits per heavy atom. The Morgan fingerprint density at radius 1 is 1.00 bits per heavy atom. The number of para-hydroxylation sites is 1. The molecule has 1 saturated carbocycles. The summed E-state index contributed by atoms with van der Waals surface area (Å²) in [7, 11) is 0. The van der Waals surface area contributed by atoms with Crippen LogP contribution in [-0.2, 0) is 4.79 Å². The first-order valence-electron chi connectivity index (χ1n) is 8.96. The molecule has 132 valence electrons. The van der Waals surface area contributed by atoms with E-state index in [0.29, 0.717) is 11.5 Å². The molecule has 2 fully saturated rings. The lowest BCUT2D eigenvalue weighted by molar-refractivity contribution is -0.122. The topological polar surface area (TPSA) is 61.4 Å². The molecule has 1 saturated heterocycles. The molecule has 1 aliphatic carbocycles. The Kier molecular flexibility index (Phi) is 5.71. The van der Waals surface area contributed by atoms with Gasteiger partial charge in [0.05, 0.1) is 0 Å². The predicted octanol–water partition coefficient (Wildman–Crippen LogP) is 4.00. The van der Waals surface area contributed by atoms with Gasteiger partial charge in [-0.15, -0.1) is 0 Å². The van der Waals surface area contributed by atoms with Gasteiger partial charge >= 0.3 is 0 Å². The third kappa shape index (κ3) is 4.20. The first-order valence-corrected chi connectivity index (χ1v) is 8.96. The van der Waals surface area contributed by atoms with E-state index in [9.17, 15) is 0 Å². The minimum absolute atomic E-state index is 0.250. The number of nitrogens with one attached hydrogen (secondary N) is 2. The summed E-state index contributed by atoms with van der Waals surface area (Å²) in [5.74, 6) is 0. The number of hydrogen-bond acceptors (Lipinski definition) is 3. The molecule has 4 nitrogen and oxygen atoms in total. The Morgan fingerprint density at radius 2 is 1.60 bits per heavy atom. The molecule has 4 rings (SSSR count). The maximum atomic E-state index is 8.36. The molecule has 0 radical (unpaired) electrons. The van der Waals surface area contributed by atoms with Gasteiger partial charge in [0.2, 0.25) is 0 Å². The quantitative estimate of drug-likeness (QED) is 0.740. The van der Waals surface area contributed by atoms with E-state index in [1.165, 1.54) is 55.6 Å². The third-order valence-electron chi connectivity index (χ3n) is 5.39. The smallest absolute Gasteiger partial charge is 0.290 e. The SMILES string of the molecule is O=CO.c1ccc(-c2ccccc2NC2CC3(CCNCC3)C2)cc1. The summed E-state index contributed by atoms with van der Waals surface area (Å²) >= 11 is 0. The standard InChI is InChI=1S/C20H24N2.CH2O2/c1-2-6-16(7-3-1)18-8-4-5-9-19(18)22-17-14-20(15-17)10-12-21-13-11-20;2-1-3/h1-9,17,21-22H,10-15H2;1H,(H,2,3). The van der Waals surface area contributed by atoms with Crippen LogP contribution in [0, 0.1) is 5.41 Å². The molecule has 1 heterocycles. The summed E-state index contributed by atoms with van der Waals surface area (Å²) in [6, 6.07) is 20.0. The van der Waals surface area contributed by atoms with Gasteiger partial charge in [0.15, 0.2) is 0 Å². The lowest BCUT2D eigenvalue weighted by Gasteiger charge is -2.51. The molecule has 4 heteroatoms. The number of anilines is 1. The fourth-order valence-electron chi connectivity index (χ4n) is 4.15. The van der Waals surface area contributed by atoms with Gasteiger partial charge in [-0.2, -0.15) is 0 Å². The molecule has 0 atom stereocenters. The normalized spacial score (nSPS) is 18.6. The van der Waals surface area contributed by atoms with E-state index in [2.05, 4.69) is 65.2 Å². The van der Waals surface area contributed by atoms with E-state index < -0.39 is 0 Å². The van der Waals surface area contributed by atoms with Gasteiger partial charge in [0.25, 0.3) is 6.47 Å². The number of rotatable bonds is 3. The summed E-state index contributed by atoms with van der Waals surface area (Å²) in [5, 5.41) is 14.2. The van der Waals surface area contributed by atoms with E-state index in [4.69, 9.17) is 9.90 Å². The van der Waals surface area contributed by atoms with Crippen molar-refractivity contribution in [1.82, 2.24) is 5.32 Å². The Labute approximate surface area is 149 Å². The van der Waals surface area contributed by atoms with E-state index in [1.54, 1.807) is 0 Å². The molecule has 0 unspecified atom stereocenters. The molecule has 0 aromatic heterocycles. The third-order valence-corrected chi connectivity index (χ3v) is 5.39. The van der Waals surface area contributed by atoms with Crippen molar-refractivity contribution >= 4 is 12.2 Å². The van der Waals surface area contributed by atoms with Crippen molar-refractivity contribution in [2.75, 3.05) is 18.4 Å². The van der Waals surface area contributed by atoms with Crippen molar-refractivity contribution in [2.45, 2.75) is 31.7 Å². The van der Waals surface area contributed by atoms with Crippen LogP contribution in [0.15, 0.2) is 54.6 Å². The molecule has 2 aromatic carbocycles. The van der Waals surface area contributed by atoms with Gasteiger partial charge in [-0.25, -0.2) is 0 Å². The highest BCUT2D eigenvalue weighted by atomic mass is 16.3. The number of carboxylic acid groups (broad SMARTS) is 1. The van der Waals surface area contributed by atoms with Crippen LogP contribution >= 0.6 is 0 Å². The highest BCUT2D eigenvalue weighted by molar-refractivity contribution is 5.78. The van der Waals surface area contributed by atoms with Crippen molar-refractivity contribution in [1.29, 1.82) is 0 Å². The Hall–Kier alpha value is -2.33. The zero-order valence-corrected chi connectivity index (χ0v) is 14.4. The van der Waals surface area contributed by atoms with Crippen LogP contribution in [0.1, 0.15) is 25.7 Å². The molecule has 2 aliphatic rings. The minimum atomic E-state index is -0.250. The summed E-state index contributed by atoms with van der Waals surface area (Å²) in [6.45, 7) is 2.15. The van der Waals surface area contributed by atoms with Crippen LogP contribution in [0.3, 0.4) is 0 Å².